The number of aryl methyl sites for hydroxylation is 1. The monoisotopic (exact) mass is 209 g/mol. The summed E-state index contributed by atoms with van der Waals surface area (Å²) in [4.78, 5) is 4.25. The minimum Gasteiger partial charge on any atom is -0.349 e. The maximum atomic E-state index is 5.52. The molecule has 0 saturated carbocycles. The first-order chi connectivity index (χ1) is 7.31. The van der Waals surface area contributed by atoms with Gasteiger partial charge in [-0.25, -0.2) is 0 Å². The lowest BCUT2D eigenvalue weighted by Gasteiger charge is -2.17. The van der Waals surface area contributed by atoms with E-state index in [0.29, 0.717) is 13.2 Å². The summed E-state index contributed by atoms with van der Waals surface area (Å²) >= 11 is 0. The number of hydrogen-bond acceptors (Lipinski definition) is 3. The van der Waals surface area contributed by atoms with Gasteiger partial charge in [-0.1, -0.05) is 6.92 Å². The zero-order chi connectivity index (χ0) is 11.1. The van der Waals surface area contributed by atoms with Gasteiger partial charge in [0.05, 0.1) is 0 Å². The smallest absolute Gasteiger partial charge is 0.183 e. The molecule has 1 aromatic heterocycles. The van der Waals surface area contributed by atoms with Crippen LogP contribution in [0, 0.1) is 0 Å². The zero-order valence-corrected chi connectivity index (χ0v) is 9.69. The second kappa shape index (κ2) is 6.53. The molecule has 0 aliphatic carbocycles. The lowest BCUT2D eigenvalue weighted by atomic mass is 10.2. The van der Waals surface area contributed by atoms with Crippen molar-refractivity contribution in [1.82, 2.24) is 4.98 Å². The Kier molecular flexibility index (Phi) is 5.29. The van der Waals surface area contributed by atoms with Gasteiger partial charge in [0.2, 0.25) is 0 Å². The van der Waals surface area contributed by atoms with Gasteiger partial charge in [0.1, 0.15) is 0 Å². The molecule has 0 bridgehead atoms. The summed E-state index contributed by atoms with van der Waals surface area (Å²) in [6.45, 7) is 7.31. The van der Waals surface area contributed by atoms with Crippen LogP contribution in [0.2, 0.25) is 0 Å². The molecule has 0 aliphatic rings. The molecule has 0 radical (unpaired) electrons. The Morgan fingerprint density at radius 2 is 1.87 bits per heavy atom. The maximum absolute atomic E-state index is 5.52. The van der Waals surface area contributed by atoms with Crippen molar-refractivity contribution in [3.8, 4) is 0 Å². The van der Waals surface area contributed by atoms with E-state index >= 15 is 0 Å². The van der Waals surface area contributed by atoms with Crippen molar-refractivity contribution < 1.29 is 9.47 Å². The van der Waals surface area contributed by atoms with Crippen molar-refractivity contribution in [2.45, 2.75) is 33.5 Å². The number of ether oxygens (including phenoxy) is 2. The van der Waals surface area contributed by atoms with E-state index in [9.17, 15) is 0 Å². The van der Waals surface area contributed by atoms with Crippen molar-refractivity contribution in [3.63, 3.8) is 0 Å². The van der Waals surface area contributed by atoms with Gasteiger partial charge < -0.3 is 9.47 Å². The summed E-state index contributed by atoms with van der Waals surface area (Å²) in [7, 11) is 0. The number of pyridine rings is 1. The van der Waals surface area contributed by atoms with Crippen LogP contribution in [0.15, 0.2) is 18.3 Å². The lowest BCUT2D eigenvalue weighted by Crippen LogP contribution is -2.09. The molecule has 1 rings (SSSR count). The minimum absolute atomic E-state index is 0.256. The van der Waals surface area contributed by atoms with E-state index in [0.717, 1.165) is 17.7 Å². The topological polar surface area (TPSA) is 31.4 Å². The highest BCUT2D eigenvalue weighted by Gasteiger charge is 2.11. The molecule has 0 spiro atoms. The van der Waals surface area contributed by atoms with E-state index in [-0.39, 0.29) is 6.29 Å². The third kappa shape index (κ3) is 3.61. The Morgan fingerprint density at radius 3 is 2.40 bits per heavy atom. The summed E-state index contributed by atoms with van der Waals surface area (Å²) < 4.78 is 11.0. The molecule has 0 aromatic carbocycles. The van der Waals surface area contributed by atoms with Crippen LogP contribution in [-0.4, -0.2) is 18.2 Å². The predicted octanol–water partition coefficient (Wildman–Crippen LogP) is 2.72. The fraction of sp³-hybridized carbons (Fsp3) is 0.583. The fourth-order valence-electron chi connectivity index (χ4n) is 1.38. The van der Waals surface area contributed by atoms with E-state index in [2.05, 4.69) is 11.9 Å². The van der Waals surface area contributed by atoms with Gasteiger partial charge in [-0.15, -0.1) is 0 Å². The molecule has 0 amide bonds. The zero-order valence-electron chi connectivity index (χ0n) is 9.69. The van der Waals surface area contributed by atoms with Crippen LogP contribution in [0.1, 0.15) is 38.3 Å². The third-order valence-electron chi connectivity index (χ3n) is 2.11. The number of rotatable bonds is 6. The van der Waals surface area contributed by atoms with E-state index in [1.54, 1.807) is 6.20 Å². The Hall–Kier alpha value is -0.930. The second-order valence-corrected chi connectivity index (χ2v) is 3.18. The van der Waals surface area contributed by atoms with Crippen LogP contribution < -0.4 is 0 Å². The fourth-order valence-corrected chi connectivity index (χ4v) is 1.38. The molecule has 0 fully saturated rings. The Balaban J connectivity index is 2.79. The largest absolute Gasteiger partial charge is 0.349 e. The van der Waals surface area contributed by atoms with Gasteiger partial charge in [-0.2, -0.15) is 0 Å². The highest BCUT2D eigenvalue weighted by atomic mass is 16.7. The van der Waals surface area contributed by atoms with E-state index in [4.69, 9.17) is 9.47 Å². The standard InChI is InChI=1S/C12H19NO2/c1-4-11-9-10(7-8-13-11)12(14-5-2)15-6-3/h7-9,12H,4-6H2,1-3H3. The molecular weight excluding hydrogens is 190 g/mol. The molecule has 84 valence electrons. The molecule has 3 heteroatoms. The number of nitrogens with zero attached hydrogens (tertiary/aromatic N) is 1. The SMILES string of the molecule is CCOC(OCC)c1ccnc(CC)c1. The Labute approximate surface area is 91.4 Å². The highest BCUT2D eigenvalue weighted by molar-refractivity contribution is 5.17. The predicted molar refractivity (Wildman–Crippen MR) is 59.6 cm³/mol. The first-order valence-corrected chi connectivity index (χ1v) is 5.49. The lowest BCUT2D eigenvalue weighted by molar-refractivity contribution is -0.140. The molecule has 1 heterocycles. The van der Waals surface area contributed by atoms with Crippen LogP contribution in [0.5, 0.6) is 0 Å². The van der Waals surface area contributed by atoms with Crippen LogP contribution in [0.4, 0.5) is 0 Å². The number of aromatic nitrogens is 1. The van der Waals surface area contributed by atoms with Crippen LogP contribution >= 0.6 is 0 Å². The van der Waals surface area contributed by atoms with Crippen molar-refractivity contribution >= 4 is 0 Å². The van der Waals surface area contributed by atoms with E-state index in [1.807, 2.05) is 26.0 Å². The molecule has 15 heavy (non-hydrogen) atoms. The summed E-state index contributed by atoms with van der Waals surface area (Å²) in [5, 5.41) is 0. The first-order valence-electron chi connectivity index (χ1n) is 5.49. The average Bonchev–Trinajstić information content (AvgIpc) is 2.29. The van der Waals surface area contributed by atoms with Crippen molar-refractivity contribution in [2.75, 3.05) is 13.2 Å². The van der Waals surface area contributed by atoms with Gasteiger partial charge in [0.15, 0.2) is 6.29 Å². The minimum atomic E-state index is -0.256. The molecule has 0 atom stereocenters. The van der Waals surface area contributed by atoms with Crippen molar-refractivity contribution in [2.24, 2.45) is 0 Å². The normalized spacial score (nSPS) is 10.9. The van der Waals surface area contributed by atoms with E-state index in [1.165, 1.54) is 0 Å². The Morgan fingerprint density at radius 1 is 1.20 bits per heavy atom. The molecule has 0 unspecified atom stereocenters. The van der Waals surface area contributed by atoms with E-state index < -0.39 is 0 Å². The summed E-state index contributed by atoms with van der Waals surface area (Å²) in [6, 6.07) is 3.98. The van der Waals surface area contributed by atoms with Gasteiger partial charge in [-0.3, -0.25) is 4.98 Å². The molecule has 0 aliphatic heterocycles. The highest BCUT2D eigenvalue weighted by Crippen LogP contribution is 2.19. The van der Waals surface area contributed by atoms with Crippen LogP contribution in [-0.2, 0) is 15.9 Å². The first kappa shape index (κ1) is 12.1. The average molecular weight is 209 g/mol. The molecule has 0 N–H and O–H groups in total. The van der Waals surface area contributed by atoms with Gasteiger partial charge in [0.25, 0.3) is 0 Å². The second-order valence-electron chi connectivity index (χ2n) is 3.18. The van der Waals surface area contributed by atoms with Crippen molar-refractivity contribution in [3.05, 3.63) is 29.6 Å². The molecule has 0 saturated heterocycles. The molecular formula is C12H19NO2. The van der Waals surface area contributed by atoms with Gasteiger partial charge >= 0.3 is 0 Å². The van der Waals surface area contributed by atoms with Crippen molar-refractivity contribution in [1.29, 1.82) is 0 Å². The van der Waals surface area contributed by atoms with Gasteiger partial charge in [-0.05, 0) is 32.4 Å². The number of hydrogen-bond donors (Lipinski definition) is 0. The van der Waals surface area contributed by atoms with Gasteiger partial charge in [0, 0.05) is 30.7 Å². The van der Waals surface area contributed by atoms with Crippen LogP contribution in [0.3, 0.4) is 0 Å². The third-order valence-corrected chi connectivity index (χ3v) is 2.11. The Bertz CT molecular complexity index is 283. The van der Waals surface area contributed by atoms with Crippen LogP contribution in [0.25, 0.3) is 0 Å². The summed E-state index contributed by atoms with van der Waals surface area (Å²) in [6.07, 6.45) is 2.48. The quantitative estimate of drug-likeness (QED) is 0.675. The summed E-state index contributed by atoms with van der Waals surface area (Å²) in [5.41, 5.74) is 2.11. The summed E-state index contributed by atoms with van der Waals surface area (Å²) in [5.74, 6) is 0. The maximum Gasteiger partial charge on any atom is 0.183 e. The molecule has 1 aromatic rings. The molecule has 3 nitrogen and oxygen atoms in total.